The highest BCUT2D eigenvalue weighted by molar-refractivity contribution is 5.64. The van der Waals surface area contributed by atoms with Gasteiger partial charge in [0.25, 0.3) is 0 Å². The minimum Gasteiger partial charge on any atom is -0.496 e. The van der Waals surface area contributed by atoms with Crippen molar-refractivity contribution in [2.24, 2.45) is 0 Å². The molecule has 0 amide bonds. The summed E-state index contributed by atoms with van der Waals surface area (Å²) in [7, 11) is 1.72. The molecule has 4 heteroatoms. The summed E-state index contributed by atoms with van der Waals surface area (Å²) in [6.07, 6.45) is 5.12. The first-order valence-corrected chi connectivity index (χ1v) is 7.57. The topological polar surface area (TPSA) is 39.1 Å². The van der Waals surface area contributed by atoms with Gasteiger partial charge in [0.05, 0.1) is 13.3 Å². The number of benzene rings is 1. The van der Waals surface area contributed by atoms with Gasteiger partial charge in [-0.3, -0.25) is 4.68 Å². The first kappa shape index (κ1) is 15.6. The molecule has 0 atom stereocenters. The summed E-state index contributed by atoms with van der Waals surface area (Å²) in [6.45, 7) is 8.20. The van der Waals surface area contributed by atoms with E-state index in [0.29, 0.717) is 6.04 Å². The quantitative estimate of drug-likeness (QED) is 0.847. The number of nitrogens with zero attached hydrogens (tertiary/aromatic N) is 2. The summed E-state index contributed by atoms with van der Waals surface area (Å²) in [5.74, 6) is 0.924. The Morgan fingerprint density at radius 3 is 2.76 bits per heavy atom. The second-order valence-corrected chi connectivity index (χ2v) is 5.55. The van der Waals surface area contributed by atoms with Gasteiger partial charge in [0.1, 0.15) is 5.75 Å². The molecule has 0 radical (unpaired) electrons. The molecule has 21 heavy (non-hydrogen) atoms. The van der Waals surface area contributed by atoms with Crippen LogP contribution in [0.2, 0.25) is 0 Å². The van der Waals surface area contributed by atoms with Crippen LogP contribution in [0.1, 0.15) is 32.8 Å². The standard InChI is InChI=1S/C17H25N3O/c1-5-8-20-12-16(11-19-20)14-6-7-17(21-4)15(9-14)10-18-13(2)3/h6-7,9,11-13,18H,5,8,10H2,1-4H3. The Balaban J connectivity index is 2.24. The third kappa shape index (κ3) is 4.08. The molecule has 4 nitrogen and oxygen atoms in total. The Bertz CT molecular complexity index is 575. The molecule has 1 N–H and O–H groups in total. The second-order valence-electron chi connectivity index (χ2n) is 5.55. The van der Waals surface area contributed by atoms with Crippen LogP contribution in [-0.2, 0) is 13.1 Å². The van der Waals surface area contributed by atoms with E-state index in [1.54, 1.807) is 7.11 Å². The lowest BCUT2D eigenvalue weighted by atomic mass is 10.0. The molecule has 0 saturated heterocycles. The average Bonchev–Trinajstić information content (AvgIpc) is 2.94. The van der Waals surface area contributed by atoms with Gasteiger partial charge in [0.15, 0.2) is 0 Å². The summed E-state index contributed by atoms with van der Waals surface area (Å²) in [4.78, 5) is 0. The maximum atomic E-state index is 5.45. The molecule has 0 aliphatic rings. The maximum absolute atomic E-state index is 5.45. The largest absolute Gasteiger partial charge is 0.496 e. The molecule has 1 aromatic heterocycles. The van der Waals surface area contributed by atoms with Crippen LogP contribution in [0.15, 0.2) is 30.6 Å². The Labute approximate surface area is 127 Å². The number of aromatic nitrogens is 2. The first-order chi connectivity index (χ1) is 10.1. The molecule has 0 aliphatic carbocycles. The number of ether oxygens (including phenoxy) is 1. The second kappa shape index (κ2) is 7.27. The third-order valence-electron chi connectivity index (χ3n) is 3.40. The molecule has 0 spiro atoms. The van der Waals surface area contributed by atoms with Crippen LogP contribution in [0.25, 0.3) is 11.1 Å². The van der Waals surface area contributed by atoms with Gasteiger partial charge in [-0.25, -0.2) is 0 Å². The summed E-state index contributed by atoms with van der Waals surface area (Å²) >= 11 is 0. The van der Waals surface area contributed by atoms with Gasteiger partial charge in [-0.2, -0.15) is 5.10 Å². The number of hydrogen-bond acceptors (Lipinski definition) is 3. The SMILES string of the molecule is CCCn1cc(-c2ccc(OC)c(CNC(C)C)c2)cn1. The van der Waals surface area contributed by atoms with E-state index in [4.69, 9.17) is 4.74 Å². The van der Waals surface area contributed by atoms with Gasteiger partial charge in [-0.05, 0) is 24.1 Å². The maximum Gasteiger partial charge on any atom is 0.123 e. The van der Waals surface area contributed by atoms with Crippen LogP contribution in [0.3, 0.4) is 0 Å². The fraction of sp³-hybridized carbons (Fsp3) is 0.471. The molecule has 0 saturated carbocycles. The van der Waals surface area contributed by atoms with E-state index in [9.17, 15) is 0 Å². The van der Waals surface area contributed by atoms with Crippen molar-refractivity contribution < 1.29 is 4.74 Å². The van der Waals surface area contributed by atoms with Crippen LogP contribution in [-0.4, -0.2) is 22.9 Å². The normalized spacial score (nSPS) is 11.1. The van der Waals surface area contributed by atoms with Crippen molar-refractivity contribution in [3.63, 3.8) is 0 Å². The molecule has 1 heterocycles. The highest BCUT2D eigenvalue weighted by atomic mass is 16.5. The zero-order valence-corrected chi connectivity index (χ0v) is 13.4. The number of aryl methyl sites for hydroxylation is 1. The third-order valence-corrected chi connectivity index (χ3v) is 3.40. The molecule has 0 aliphatic heterocycles. The Morgan fingerprint density at radius 2 is 2.10 bits per heavy atom. The lowest BCUT2D eigenvalue weighted by Gasteiger charge is -2.13. The number of nitrogens with one attached hydrogen (secondary N) is 1. The lowest BCUT2D eigenvalue weighted by Crippen LogP contribution is -2.22. The van der Waals surface area contributed by atoms with Crippen molar-refractivity contribution in [2.45, 2.75) is 46.3 Å². The van der Waals surface area contributed by atoms with Gasteiger partial charge in [-0.1, -0.05) is 26.8 Å². The van der Waals surface area contributed by atoms with Crippen LogP contribution < -0.4 is 10.1 Å². The van der Waals surface area contributed by atoms with Gasteiger partial charge >= 0.3 is 0 Å². The number of methoxy groups -OCH3 is 1. The number of rotatable bonds is 7. The monoisotopic (exact) mass is 287 g/mol. The molecule has 2 rings (SSSR count). The van der Waals surface area contributed by atoms with E-state index in [1.165, 1.54) is 11.1 Å². The molecule has 114 valence electrons. The summed E-state index contributed by atoms with van der Waals surface area (Å²) in [6, 6.07) is 6.75. The van der Waals surface area contributed by atoms with Crippen molar-refractivity contribution in [1.82, 2.24) is 15.1 Å². The van der Waals surface area contributed by atoms with E-state index in [2.05, 4.69) is 49.5 Å². The highest BCUT2D eigenvalue weighted by Gasteiger charge is 2.08. The van der Waals surface area contributed by atoms with Crippen molar-refractivity contribution in [3.05, 3.63) is 36.2 Å². The fourth-order valence-corrected chi connectivity index (χ4v) is 2.27. The molecule has 0 bridgehead atoms. The molecule has 0 unspecified atom stereocenters. The minimum absolute atomic E-state index is 0.450. The van der Waals surface area contributed by atoms with Gasteiger partial charge in [-0.15, -0.1) is 0 Å². The van der Waals surface area contributed by atoms with Crippen LogP contribution in [0, 0.1) is 0 Å². The molecular formula is C17H25N3O. The molecule has 1 aromatic carbocycles. The Kier molecular flexibility index (Phi) is 5.39. The first-order valence-electron chi connectivity index (χ1n) is 7.57. The van der Waals surface area contributed by atoms with Gasteiger partial charge < -0.3 is 10.1 Å². The van der Waals surface area contributed by atoms with Crippen molar-refractivity contribution in [2.75, 3.05) is 7.11 Å². The smallest absolute Gasteiger partial charge is 0.123 e. The Morgan fingerprint density at radius 1 is 1.29 bits per heavy atom. The van der Waals surface area contributed by atoms with E-state index in [0.717, 1.165) is 30.8 Å². The zero-order chi connectivity index (χ0) is 15.2. The van der Waals surface area contributed by atoms with E-state index in [1.807, 2.05) is 16.9 Å². The summed E-state index contributed by atoms with van der Waals surface area (Å²) in [5.41, 5.74) is 3.50. The lowest BCUT2D eigenvalue weighted by molar-refractivity contribution is 0.406. The fourth-order valence-electron chi connectivity index (χ4n) is 2.27. The van der Waals surface area contributed by atoms with Gasteiger partial charge in [0.2, 0.25) is 0 Å². The van der Waals surface area contributed by atoms with E-state index >= 15 is 0 Å². The van der Waals surface area contributed by atoms with Crippen LogP contribution in [0.5, 0.6) is 5.75 Å². The summed E-state index contributed by atoms with van der Waals surface area (Å²) in [5, 5.41) is 7.84. The van der Waals surface area contributed by atoms with Crippen molar-refractivity contribution >= 4 is 0 Å². The number of hydrogen-bond donors (Lipinski definition) is 1. The van der Waals surface area contributed by atoms with Crippen LogP contribution in [0.4, 0.5) is 0 Å². The summed E-state index contributed by atoms with van der Waals surface area (Å²) < 4.78 is 7.44. The van der Waals surface area contributed by atoms with Gasteiger partial charge in [0, 0.05) is 36.5 Å². The van der Waals surface area contributed by atoms with Crippen molar-refractivity contribution in [3.8, 4) is 16.9 Å². The van der Waals surface area contributed by atoms with E-state index in [-0.39, 0.29) is 0 Å². The molecule has 2 aromatic rings. The highest BCUT2D eigenvalue weighted by Crippen LogP contribution is 2.26. The minimum atomic E-state index is 0.450. The molecule has 0 fully saturated rings. The van der Waals surface area contributed by atoms with E-state index < -0.39 is 0 Å². The zero-order valence-electron chi connectivity index (χ0n) is 13.4. The van der Waals surface area contributed by atoms with Crippen LogP contribution >= 0.6 is 0 Å². The molecular weight excluding hydrogens is 262 g/mol. The predicted octanol–water partition coefficient (Wildman–Crippen LogP) is 3.47. The average molecular weight is 287 g/mol. The van der Waals surface area contributed by atoms with Crippen molar-refractivity contribution in [1.29, 1.82) is 0 Å². The predicted molar refractivity (Wildman–Crippen MR) is 86.5 cm³/mol. The Hall–Kier alpha value is -1.81.